The van der Waals surface area contributed by atoms with Crippen molar-refractivity contribution in [2.75, 3.05) is 19.0 Å². The van der Waals surface area contributed by atoms with Crippen LogP contribution in [0.4, 0.5) is 5.69 Å². The SMILES string of the molecule is COc1cccc(NC(=S)N2CCn3cccc3[C@@H]2c2cccnc2)c1. The number of nitrogens with zero attached hydrogens (tertiary/aromatic N) is 3. The zero-order valence-electron chi connectivity index (χ0n) is 14.5. The Morgan fingerprint density at radius 2 is 2.12 bits per heavy atom. The second-order valence-electron chi connectivity index (χ2n) is 6.17. The van der Waals surface area contributed by atoms with Gasteiger partial charge in [0.25, 0.3) is 0 Å². The summed E-state index contributed by atoms with van der Waals surface area (Å²) in [5.41, 5.74) is 3.27. The molecule has 1 atom stereocenters. The summed E-state index contributed by atoms with van der Waals surface area (Å²) in [6, 6.07) is 16.1. The van der Waals surface area contributed by atoms with Gasteiger partial charge >= 0.3 is 0 Å². The molecule has 6 heteroatoms. The number of anilines is 1. The van der Waals surface area contributed by atoms with E-state index < -0.39 is 0 Å². The second kappa shape index (κ2) is 7.17. The standard InChI is InChI=1S/C20H20N4OS/c1-25-17-7-2-6-16(13-17)22-20(26)24-12-11-23-10-4-8-18(23)19(24)15-5-3-9-21-14-15/h2-10,13-14,19H,11-12H2,1H3,(H,22,26)/t19-/m0/s1. The second-order valence-corrected chi connectivity index (χ2v) is 6.56. The van der Waals surface area contributed by atoms with Gasteiger partial charge in [0, 0.05) is 49.1 Å². The first-order valence-corrected chi connectivity index (χ1v) is 8.94. The molecule has 0 radical (unpaired) electrons. The van der Waals surface area contributed by atoms with Gasteiger partial charge in [-0.25, -0.2) is 0 Å². The molecule has 0 bridgehead atoms. The van der Waals surface area contributed by atoms with E-state index >= 15 is 0 Å². The summed E-state index contributed by atoms with van der Waals surface area (Å²) in [6.45, 7) is 1.73. The average Bonchev–Trinajstić information content (AvgIpc) is 3.16. The fourth-order valence-corrected chi connectivity index (χ4v) is 3.70. The molecule has 26 heavy (non-hydrogen) atoms. The summed E-state index contributed by atoms with van der Waals surface area (Å²) in [6.07, 6.45) is 5.82. The molecule has 1 aromatic carbocycles. The lowest BCUT2D eigenvalue weighted by molar-refractivity contribution is 0.293. The fraction of sp³-hybridized carbons (Fsp3) is 0.200. The summed E-state index contributed by atoms with van der Waals surface area (Å²) in [4.78, 5) is 6.52. The van der Waals surface area contributed by atoms with Crippen molar-refractivity contribution in [3.05, 3.63) is 78.4 Å². The number of hydrogen-bond donors (Lipinski definition) is 1. The van der Waals surface area contributed by atoms with Crippen molar-refractivity contribution in [3.63, 3.8) is 0 Å². The minimum atomic E-state index is 0.0399. The zero-order valence-corrected chi connectivity index (χ0v) is 15.3. The van der Waals surface area contributed by atoms with E-state index in [-0.39, 0.29) is 6.04 Å². The Morgan fingerprint density at radius 1 is 1.19 bits per heavy atom. The smallest absolute Gasteiger partial charge is 0.174 e. The molecule has 0 saturated carbocycles. The molecule has 1 aliphatic rings. The maximum absolute atomic E-state index is 5.76. The lowest BCUT2D eigenvalue weighted by atomic mass is 10.0. The minimum Gasteiger partial charge on any atom is -0.497 e. The van der Waals surface area contributed by atoms with Crippen LogP contribution in [0.5, 0.6) is 5.75 Å². The van der Waals surface area contributed by atoms with E-state index in [0.717, 1.165) is 30.1 Å². The molecule has 4 rings (SSSR count). The maximum atomic E-state index is 5.76. The molecule has 3 aromatic rings. The van der Waals surface area contributed by atoms with E-state index in [9.17, 15) is 0 Å². The maximum Gasteiger partial charge on any atom is 0.174 e. The third kappa shape index (κ3) is 3.15. The Morgan fingerprint density at radius 3 is 2.92 bits per heavy atom. The lowest BCUT2D eigenvalue weighted by Crippen LogP contribution is -2.44. The van der Waals surface area contributed by atoms with Crippen molar-refractivity contribution < 1.29 is 4.74 Å². The molecule has 0 amide bonds. The molecule has 132 valence electrons. The summed E-state index contributed by atoms with van der Waals surface area (Å²) in [5.74, 6) is 0.800. The first kappa shape index (κ1) is 16.6. The highest BCUT2D eigenvalue weighted by Crippen LogP contribution is 2.32. The highest BCUT2D eigenvalue weighted by Gasteiger charge is 2.30. The number of ether oxygens (including phenoxy) is 1. The van der Waals surface area contributed by atoms with E-state index in [0.29, 0.717) is 5.11 Å². The number of fused-ring (bicyclic) bond motifs is 1. The Balaban J connectivity index is 1.64. The zero-order chi connectivity index (χ0) is 17.9. The van der Waals surface area contributed by atoms with Crippen LogP contribution in [-0.4, -0.2) is 33.2 Å². The van der Waals surface area contributed by atoms with Gasteiger partial charge in [-0.1, -0.05) is 12.1 Å². The van der Waals surface area contributed by atoms with Crippen molar-refractivity contribution in [1.82, 2.24) is 14.5 Å². The van der Waals surface area contributed by atoms with Gasteiger partial charge in [0.1, 0.15) is 5.75 Å². The number of pyridine rings is 1. The van der Waals surface area contributed by atoms with E-state index in [2.05, 4.69) is 44.2 Å². The molecule has 5 nitrogen and oxygen atoms in total. The Labute approximate surface area is 158 Å². The number of aromatic nitrogens is 2. The number of hydrogen-bond acceptors (Lipinski definition) is 3. The number of methoxy groups -OCH3 is 1. The van der Waals surface area contributed by atoms with Gasteiger partial charge in [-0.15, -0.1) is 0 Å². The van der Waals surface area contributed by atoms with Crippen molar-refractivity contribution in [1.29, 1.82) is 0 Å². The molecule has 0 aliphatic carbocycles. The van der Waals surface area contributed by atoms with Crippen molar-refractivity contribution in [2.45, 2.75) is 12.6 Å². The van der Waals surface area contributed by atoms with Crippen LogP contribution in [0.2, 0.25) is 0 Å². The normalized spacial score (nSPS) is 16.0. The molecule has 0 fully saturated rings. The van der Waals surface area contributed by atoms with Crippen molar-refractivity contribution in [3.8, 4) is 5.75 Å². The van der Waals surface area contributed by atoms with Crippen molar-refractivity contribution >= 4 is 23.0 Å². The number of rotatable bonds is 3. The molecule has 0 saturated heterocycles. The van der Waals surface area contributed by atoms with Crippen molar-refractivity contribution in [2.24, 2.45) is 0 Å². The molecular formula is C20H20N4OS. The van der Waals surface area contributed by atoms with Gasteiger partial charge in [0.2, 0.25) is 0 Å². The van der Waals surface area contributed by atoms with Crippen LogP contribution in [0, 0.1) is 0 Å². The highest BCUT2D eigenvalue weighted by atomic mass is 32.1. The lowest BCUT2D eigenvalue weighted by Gasteiger charge is -2.38. The minimum absolute atomic E-state index is 0.0399. The fourth-order valence-electron chi connectivity index (χ4n) is 3.39. The number of benzene rings is 1. The third-order valence-corrected chi connectivity index (χ3v) is 4.96. The van der Waals surface area contributed by atoms with Crippen LogP contribution in [0.3, 0.4) is 0 Å². The van der Waals surface area contributed by atoms with E-state index in [1.54, 1.807) is 13.3 Å². The molecule has 3 heterocycles. The first-order valence-electron chi connectivity index (χ1n) is 8.53. The van der Waals surface area contributed by atoms with E-state index in [1.165, 1.54) is 5.69 Å². The summed E-state index contributed by atoms with van der Waals surface area (Å²) < 4.78 is 7.58. The molecule has 0 spiro atoms. The Kier molecular flexibility index (Phi) is 4.58. The summed E-state index contributed by atoms with van der Waals surface area (Å²) >= 11 is 5.76. The highest BCUT2D eigenvalue weighted by molar-refractivity contribution is 7.80. The predicted octanol–water partition coefficient (Wildman–Crippen LogP) is 3.69. The van der Waals surface area contributed by atoms with Crippen LogP contribution in [0.15, 0.2) is 67.1 Å². The topological polar surface area (TPSA) is 42.3 Å². The van der Waals surface area contributed by atoms with Gasteiger partial charge < -0.3 is 19.5 Å². The van der Waals surface area contributed by atoms with Crippen LogP contribution >= 0.6 is 12.2 Å². The molecule has 1 aliphatic heterocycles. The largest absolute Gasteiger partial charge is 0.497 e. The quantitative estimate of drug-likeness (QED) is 0.718. The molecule has 2 aromatic heterocycles. The number of nitrogens with one attached hydrogen (secondary N) is 1. The molecule has 1 N–H and O–H groups in total. The van der Waals surface area contributed by atoms with Gasteiger partial charge in [-0.2, -0.15) is 0 Å². The van der Waals surface area contributed by atoms with Crippen LogP contribution in [0.25, 0.3) is 0 Å². The van der Waals surface area contributed by atoms with Crippen LogP contribution in [-0.2, 0) is 6.54 Å². The van der Waals surface area contributed by atoms with Gasteiger partial charge in [-0.05, 0) is 48.1 Å². The van der Waals surface area contributed by atoms with Gasteiger partial charge in [0.15, 0.2) is 5.11 Å². The Hall–Kier alpha value is -2.86. The molecular weight excluding hydrogens is 344 g/mol. The summed E-state index contributed by atoms with van der Waals surface area (Å²) in [7, 11) is 1.66. The average molecular weight is 364 g/mol. The first-order chi connectivity index (χ1) is 12.8. The predicted molar refractivity (Wildman–Crippen MR) is 106 cm³/mol. The number of thiocarbonyl (C=S) groups is 1. The Bertz CT molecular complexity index is 909. The van der Waals surface area contributed by atoms with Crippen LogP contribution in [0.1, 0.15) is 17.3 Å². The van der Waals surface area contributed by atoms with Gasteiger partial charge in [-0.3, -0.25) is 4.98 Å². The van der Waals surface area contributed by atoms with Gasteiger partial charge in [0.05, 0.1) is 13.2 Å². The van der Waals surface area contributed by atoms with E-state index in [4.69, 9.17) is 17.0 Å². The van der Waals surface area contributed by atoms with E-state index in [1.807, 2.05) is 36.5 Å². The summed E-state index contributed by atoms with van der Waals surface area (Å²) in [5, 5.41) is 4.05. The van der Waals surface area contributed by atoms with Crippen LogP contribution < -0.4 is 10.1 Å². The molecule has 0 unspecified atom stereocenters. The monoisotopic (exact) mass is 364 g/mol. The third-order valence-electron chi connectivity index (χ3n) is 4.62.